The number of morpholine rings is 1. The number of benzene rings is 1. The van der Waals surface area contributed by atoms with Gasteiger partial charge in [0.1, 0.15) is 0 Å². The molecule has 1 aromatic carbocycles. The average molecular weight is 356 g/mol. The van der Waals surface area contributed by atoms with Crippen LogP contribution < -0.4 is 11.1 Å². The van der Waals surface area contributed by atoms with Crippen LogP contribution in [0.25, 0.3) is 0 Å². The number of rotatable bonds is 4. The van der Waals surface area contributed by atoms with Gasteiger partial charge in [0.25, 0.3) is 5.91 Å². The Morgan fingerprint density at radius 3 is 2.76 bits per heavy atom. The fourth-order valence-electron chi connectivity index (χ4n) is 2.40. The minimum absolute atomic E-state index is 0.111. The summed E-state index contributed by atoms with van der Waals surface area (Å²) in [7, 11) is 0. The third-order valence-electron chi connectivity index (χ3n) is 3.81. The molecule has 0 saturated carbocycles. The summed E-state index contributed by atoms with van der Waals surface area (Å²) in [6.45, 7) is 8.10. The minimum atomic E-state index is -0.143. The van der Waals surface area contributed by atoms with E-state index >= 15 is 0 Å². The molecule has 116 valence electrons. The minimum Gasteiger partial charge on any atom is -0.398 e. The van der Waals surface area contributed by atoms with Crippen LogP contribution in [0.1, 0.15) is 24.2 Å². The highest BCUT2D eigenvalue weighted by Crippen LogP contribution is 2.19. The highest BCUT2D eigenvalue weighted by atomic mass is 79.9. The van der Waals surface area contributed by atoms with Crippen molar-refractivity contribution in [2.24, 2.45) is 0 Å². The van der Waals surface area contributed by atoms with Crippen molar-refractivity contribution in [2.45, 2.75) is 19.4 Å². The van der Waals surface area contributed by atoms with E-state index in [1.807, 2.05) is 6.07 Å². The molecule has 1 saturated heterocycles. The summed E-state index contributed by atoms with van der Waals surface area (Å²) in [4.78, 5) is 14.6. The summed E-state index contributed by atoms with van der Waals surface area (Å²) < 4.78 is 6.21. The number of nitrogens with zero attached hydrogens (tertiary/aromatic N) is 1. The largest absolute Gasteiger partial charge is 0.398 e. The first-order valence-corrected chi connectivity index (χ1v) is 7.85. The Bertz CT molecular complexity index is 514. The number of anilines is 1. The standard InChI is InChI=1S/C15H22BrN3O2/c1-15(2,19-5-7-21-8-6-19)10-18-14(20)12-9-11(16)3-4-13(12)17/h3-4,9H,5-8,10,17H2,1-2H3,(H,18,20). The normalized spacial score (nSPS) is 16.7. The zero-order valence-electron chi connectivity index (χ0n) is 12.5. The fourth-order valence-corrected chi connectivity index (χ4v) is 2.76. The van der Waals surface area contributed by atoms with Crippen LogP contribution in [0.2, 0.25) is 0 Å². The lowest BCUT2D eigenvalue weighted by Gasteiger charge is -2.40. The first kappa shape index (κ1) is 16.3. The molecule has 0 aromatic heterocycles. The third-order valence-corrected chi connectivity index (χ3v) is 4.30. The molecule has 0 unspecified atom stereocenters. The summed E-state index contributed by atoms with van der Waals surface area (Å²) in [5.74, 6) is -0.143. The predicted molar refractivity (Wildman–Crippen MR) is 87.4 cm³/mol. The van der Waals surface area contributed by atoms with Crippen LogP contribution in [-0.4, -0.2) is 49.2 Å². The molecule has 1 amide bonds. The Hall–Kier alpha value is -1.11. The highest BCUT2D eigenvalue weighted by molar-refractivity contribution is 9.10. The Labute approximate surface area is 134 Å². The molecular formula is C15H22BrN3O2. The van der Waals surface area contributed by atoms with Crippen LogP contribution >= 0.6 is 15.9 Å². The van der Waals surface area contributed by atoms with Crippen LogP contribution in [0.5, 0.6) is 0 Å². The number of carbonyl (C=O) groups is 1. The molecule has 1 aliphatic heterocycles. The van der Waals surface area contributed by atoms with Gasteiger partial charge in [-0.3, -0.25) is 9.69 Å². The van der Waals surface area contributed by atoms with Gasteiger partial charge in [-0.2, -0.15) is 0 Å². The van der Waals surface area contributed by atoms with Crippen LogP contribution in [0.15, 0.2) is 22.7 Å². The monoisotopic (exact) mass is 355 g/mol. The second-order valence-electron chi connectivity index (χ2n) is 5.83. The van der Waals surface area contributed by atoms with Crippen molar-refractivity contribution >= 4 is 27.5 Å². The van der Waals surface area contributed by atoms with E-state index in [4.69, 9.17) is 10.5 Å². The summed E-state index contributed by atoms with van der Waals surface area (Å²) in [6, 6.07) is 5.29. The lowest BCUT2D eigenvalue weighted by molar-refractivity contribution is -0.00923. The quantitative estimate of drug-likeness (QED) is 0.809. The molecule has 1 heterocycles. The maximum absolute atomic E-state index is 12.3. The molecule has 0 radical (unpaired) electrons. The van der Waals surface area contributed by atoms with E-state index in [-0.39, 0.29) is 11.4 Å². The molecule has 1 aromatic rings. The third kappa shape index (κ3) is 4.18. The molecule has 3 N–H and O–H groups in total. The van der Waals surface area contributed by atoms with E-state index in [0.717, 1.165) is 30.8 Å². The van der Waals surface area contributed by atoms with E-state index in [2.05, 4.69) is 40.0 Å². The summed E-state index contributed by atoms with van der Waals surface area (Å²) in [6.07, 6.45) is 0. The van der Waals surface area contributed by atoms with Gasteiger partial charge in [0.05, 0.1) is 18.8 Å². The van der Waals surface area contributed by atoms with Crippen molar-refractivity contribution in [1.29, 1.82) is 0 Å². The molecule has 5 nitrogen and oxygen atoms in total. The molecule has 2 rings (SSSR count). The van der Waals surface area contributed by atoms with Crippen molar-refractivity contribution < 1.29 is 9.53 Å². The summed E-state index contributed by atoms with van der Waals surface area (Å²) in [5.41, 5.74) is 6.74. The van der Waals surface area contributed by atoms with E-state index in [0.29, 0.717) is 17.8 Å². The van der Waals surface area contributed by atoms with Crippen LogP contribution in [-0.2, 0) is 4.74 Å². The van der Waals surface area contributed by atoms with Gasteiger partial charge in [-0.25, -0.2) is 0 Å². The number of carbonyl (C=O) groups excluding carboxylic acids is 1. The van der Waals surface area contributed by atoms with Gasteiger partial charge in [-0.05, 0) is 32.0 Å². The Kier molecular flexibility index (Phi) is 5.24. The molecule has 6 heteroatoms. The zero-order chi connectivity index (χ0) is 15.5. The van der Waals surface area contributed by atoms with Gasteiger partial charge in [-0.15, -0.1) is 0 Å². The molecule has 0 bridgehead atoms. The summed E-state index contributed by atoms with van der Waals surface area (Å²) >= 11 is 3.36. The van der Waals surface area contributed by atoms with Crippen LogP contribution in [0.3, 0.4) is 0 Å². The molecule has 21 heavy (non-hydrogen) atoms. The van der Waals surface area contributed by atoms with Crippen molar-refractivity contribution in [1.82, 2.24) is 10.2 Å². The first-order valence-electron chi connectivity index (χ1n) is 7.06. The number of halogens is 1. The predicted octanol–water partition coefficient (Wildman–Crippen LogP) is 1.87. The number of nitrogens with two attached hydrogens (primary N) is 1. The van der Waals surface area contributed by atoms with Gasteiger partial charge in [0.2, 0.25) is 0 Å². The number of amides is 1. The lowest BCUT2D eigenvalue weighted by atomic mass is 10.0. The fraction of sp³-hybridized carbons (Fsp3) is 0.533. The zero-order valence-corrected chi connectivity index (χ0v) is 14.1. The summed E-state index contributed by atoms with van der Waals surface area (Å²) in [5, 5.41) is 2.98. The Balaban J connectivity index is 1.98. The molecule has 0 atom stereocenters. The molecule has 0 spiro atoms. The van der Waals surface area contributed by atoms with Gasteiger partial charge < -0.3 is 15.8 Å². The smallest absolute Gasteiger partial charge is 0.253 e. The first-order chi connectivity index (χ1) is 9.90. The van der Waals surface area contributed by atoms with Crippen molar-refractivity contribution in [2.75, 3.05) is 38.6 Å². The van der Waals surface area contributed by atoms with Crippen molar-refractivity contribution in [3.8, 4) is 0 Å². The van der Waals surface area contributed by atoms with Gasteiger partial charge in [-0.1, -0.05) is 15.9 Å². The number of hydrogen-bond donors (Lipinski definition) is 2. The van der Waals surface area contributed by atoms with Crippen LogP contribution in [0.4, 0.5) is 5.69 Å². The van der Waals surface area contributed by atoms with E-state index in [1.165, 1.54) is 0 Å². The SMILES string of the molecule is CC(C)(CNC(=O)c1cc(Br)ccc1N)N1CCOCC1. The molecule has 1 fully saturated rings. The van der Waals surface area contributed by atoms with Gasteiger partial charge >= 0.3 is 0 Å². The topological polar surface area (TPSA) is 67.6 Å². The maximum Gasteiger partial charge on any atom is 0.253 e. The Morgan fingerprint density at radius 2 is 2.10 bits per heavy atom. The van der Waals surface area contributed by atoms with Crippen LogP contribution in [0, 0.1) is 0 Å². The number of hydrogen-bond acceptors (Lipinski definition) is 4. The molecule has 0 aliphatic carbocycles. The average Bonchev–Trinajstić information content (AvgIpc) is 2.48. The van der Waals surface area contributed by atoms with E-state index < -0.39 is 0 Å². The number of nitrogen functional groups attached to an aromatic ring is 1. The Morgan fingerprint density at radius 1 is 1.43 bits per heavy atom. The molecule has 1 aliphatic rings. The maximum atomic E-state index is 12.3. The van der Waals surface area contributed by atoms with Gasteiger partial charge in [0, 0.05) is 35.3 Å². The van der Waals surface area contributed by atoms with E-state index in [9.17, 15) is 4.79 Å². The lowest BCUT2D eigenvalue weighted by Crippen LogP contribution is -2.55. The number of ether oxygens (including phenoxy) is 1. The van der Waals surface area contributed by atoms with Gasteiger partial charge in [0.15, 0.2) is 0 Å². The van der Waals surface area contributed by atoms with Crippen molar-refractivity contribution in [3.63, 3.8) is 0 Å². The van der Waals surface area contributed by atoms with E-state index in [1.54, 1.807) is 12.1 Å². The highest BCUT2D eigenvalue weighted by Gasteiger charge is 2.28. The van der Waals surface area contributed by atoms with Crippen molar-refractivity contribution in [3.05, 3.63) is 28.2 Å². The second-order valence-corrected chi connectivity index (χ2v) is 6.74. The number of nitrogens with one attached hydrogen (secondary N) is 1. The second kappa shape index (κ2) is 6.77. The molecular weight excluding hydrogens is 334 g/mol.